The van der Waals surface area contributed by atoms with Crippen LogP contribution in [-0.4, -0.2) is 19.6 Å². The molecule has 1 fully saturated rings. The minimum absolute atomic E-state index is 0.0459. The van der Waals surface area contributed by atoms with Gasteiger partial charge in [0.05, 0.1) is 22.3 Å². The third-order valence-corrected chi connectivity index (χ3v) is 6.65. The van der Waals surface area contributed by atoms with Crippen LogP contribution >= 0.6 is 12.2 Å². The number of hydrogen-bond acceptors (Lipinski definition) is 4. The Balaban J connectivity index is 1.64. The average Bonchev–Trinajstić information content (AvgIpc) is 3.49. The van der Waals surface area contributed by atoms with Gasteiger partial charge in [-0.15, -0.1) is 0 Å². The van der Waals surface area contributed by atoms with E-state index >= 15 is 0 Å². The summed E-state index contributed by atoms with van der Waals surface area (Å²) in [7, 11) is 0. The van der Waals surface area contributed by atoms with E-state index in [1.165, 1.54) is 11.6 Å². The fraction of sp³-hybridized carbons (Fsp3) is 0.185. The predicted octanol–water partition coefficient (Wildman–Crippen LogP) is 6.08. The summed E-state index contributed by atoms with van der Waals surface area (Å²) in [6, 6.07) is 24.5. The smallest absolute Gasteiger partial charge is 0.271 e. The summed E-state index contributed by atoms with van der Waals surface area (Å²) in [5.74, 6) is 0.427. The number of thiocarbonyl (C=S) groups is 1. The van der Waals surface area contributed by atoms with Crippen LogP contribution in [0.1, 0.15) is 48.8 Å². The Morgan fingerprint density at radius 3 is 2.49 bits per heavy atom. The lowest BCUT2D eigenvalue weighted by Crippen LogP contribution is -2.30. The van der Waals surface area contributed by atoms with Crippen LogP contribution in [0.2, 0.25) is 0 Å². The van der Waals surface area contributed by atoms with Crippen molar-refractivity contribution >= 4 is 28.7 Å². The topological polar surface area (TPSA) is 76.2 Å². The van der Waals surface area contributed by atoms with Crippen molar-refractivity contribution in [3.05, 3.63) is 118 Å². The molecule has 35 heavy (non-hydrogen) atoms. The van der Waals surface area contributed by atoms with Gasteiger partial charge in [0.15, 0.2) is 5.11 Å². The molecule has 0 aliphatic carbocycles. The van der Waals surface area contributed by atoms with Crippen LogP contribution in [0.4, 0.5) is 11.4 Å². The number of rotatable bonds is 6. The van der Waals surface area contributed by atoms with Gasteiger partial charge in [0, 0.05) is 35.9 Å². The Bertz CT molecular complexity index is 1370. The molecule has 8 heteroatoms. The maximum absolute atomic E-state index is 11.4. The largest absolute Gasteiger partial charge is 0.351 e. The fourth-order valence-corrected chi connectivity index (χ4v) is 4.93. The molecule has 0 radical (unpaired) electrons. The van der Waals surface area contributed by atoms with Gasteiger partial charge in [-0.1, -0.05) is 38.1 Å². The number of aromatic nitrogens is 2. The first-order valence-electron chi connectivity index (χ1n) is 11.5. The summed E-state index contributed by atoms with van der Waals surface area (Å²) in [5.41, 5.74) is 4.80. The Labute approximate surface area is 209 Å². The van der Waals surface area contributed by atoms with E-state index in [9.17, 15) is 10.1 Å². The van der Waals surface area contributed by atoms with Gasteiger partial charge in [0.2, 0.25) is 0 Å². The molecule has 2 aromatic heterocycles. The van der Waals surface area contributed by atoms with Crippen molar-refractivity contribution in [1.82, 2.24) is 14.9 Å². The van der Waals surface area contributed by atoms with E-state index in [0.717, 1.165) is 17.1 Å². The highest BCUT2D eigenvalue weighted by Crippen LogP contribution is 2.42. The zero-order valence-electron chi connectivity index (χ0n) is 19.4. The molecule has 1 N–H and O–H groups in total. The van der Waals surface area contributed by atoms with Gasteiger partial charge < -0.3 is 14.8 Å². The van der Waals surface area contributed by atoms with E-state index in [-0.39, 0.29) is 22.7 Å². The van der Waals surface area contributed by atoms with Crippen LogP contribution < -0.4 is 10.2 Å². The molecule has 0 spiro atoms. The molecule has 0 bridgehead atoms. The Morgan fingerprint density at radius 1 is 1.00 bits per heavy atom. The minimum Gasteiger partial charge on any atom is -0.351 e. The number of nitrogens with one attached hydrogen (secondary N) is 1. The number of nitrogens with zero attached hydrogens (tertiary/aromatic N) is 4. The molecule has 2 aromatic carbocycles. The highest BCUT2D eigenvalue weighted by Gasteiger charge is 2.42. The minimum atomic E-state index is -0.377. The molecule has 4 aromatic rings. The second-order valence-corrected chi connectivity index (χ2v) is 9.21. The monoisotopic (exact) mass is 483 g/mol. The van der Waals surface area contributed by atoms with Crippen molar-refractivity contribution in [2.24, 2.45) is 0 Å². The third-order valence-electron chi connectivity index (χ3n) is 6.34. The molecule has 0 saturated carbocycles. The van der Waals surface area contributed by atoms with Gasteiger partial charge in [0.25, 0.3) is 5.69 Å². The van der Waals surface area contributed by atoms with Gasteiger partial charge in [-0.25, -0.2) is 0 Å². The quantitative estimate of drug-likeness (QED) is 0.203. The lowest BCUT2D eigenvalue weighted by Gasteiger charge is -2.29. The van der Waals surface area contributed by atoms with Crippen molar-refractivity contribution < 1.29 is 4.92 Å². The van der Waals surface area contributed by atoms with E-state index < -0.39 is 0 Å². The molecule has 1 saturated heterocycles. The van der Waals surface area contributed by atoms with Gasteiger partial charge in [-0.2, -0.15) is 0 Å². The molecule has 1 aliphatic heterocycles. The number of benzene rings is 2. The number of anilines is 1. The molecular formula is C27H25N5O2S. The Kier molecular flexibility index (Phi) is 6.05. The molecule has 5 rings (SSSR count). The second-order valence-electron chi connectivity index (χ2n) is 8.82. The molecule has 0 unspecified atom stereocenters. The number of nitro benzene ring substituents is 1. The van der Waals surface area contributed by atoms with E-state index in [1.807, 2.05) is 47.2 Å². The van der Waals surface area contributed by atoms with Crippen LogP contribution in [0.25, 0.3) is 5.69 Å². The van der Waals surface area contributed by atoms with Crippen LogP contribution in [-0.2, 0) is 0 Å². The summed E-state index contributed by atoms with van der Waals surface area (Å²) < 4.78 is 1.98. The van der Waals surface area contributed by atoms with Gasteiger partial charge >= 0.3 is 0 Å². The first-order chi connectivity index (χ1) is 16.9. The van der Waals surface area contributed by atoms with Crippen LogP contribution in [0.15, 0.2) is 91.3 Å². The average molecular weight is 484 g/mol. The van der Waals surface area contributed by atoms with Crippen molar-refractivity contribution in [1.29, 1.82) is 0 Å². The van der Waals surface area contributed by atoms with E-state index in [0.29, 0.717) is 16.7 Å². The van der Waals surface area contributed by atoms with Crippen molar-refractivity contribution in [2.45, 2.75) is 31.8 Å². The standard InChI is InChI=1S/C27H25N5O2S/c1-18(2)19-11-13-20(14-12-19)31-26(25(29-27(31)35)23-9-3-4-15-28-23)24-10-6-16-30(24)21-7-5-8-22(17-21)32(33)34/h3-18,25-26H,1-2H3,(H,29,35)/t25-,26+/m1/s1. The third kappa shape index (κ3) is 4.28. The lowest BCUT2D eigenvalue weighted by atomic mass is 9.99. The van der Waals surface area contributed by atoms with E-state index in [1.54, 1.807) is 18.3 Å². The molecule has 0 amide bonds. The summed E-state index contributed by atoms with van der Waals surface area (Å²) in [5, 5.41) is 15.5. The first kappa shape index (κ1) is 22.7. The predicted molar refractivity (Wildman–Crippen MR) is 141 cm³/mol. The Hall–Kier alpha value is -4.04. The molecule has 176 valence electrons. The molecule has 2 atom stereocenters. The van der Waals surface area contributed by atoms with Gasteiger partial charge in [-0.05, 0) is 66.2 Å². The van der Waals surface area contributed by atoms with Gasteiger partial charge in [-0.3, -0.25) is 15.1 Å². The highest BCUT2D eigenvalue weighted by atomic mass is 32.1. The normalized spacial score (nSPS) is 17.6. The zero-order chi connectivity index (χ0) is 24.5. The maximum atomic E-state index is 11.4. The van der Waals surface area contributed by atoms with Crippen LogP contribution in [0, 0.1) is 10.1 Å². The number of nitro groups is 1. The maximum Gasteiger partial charge on any atom is 0.271 e. The van der Waals surface area contributed by atoms with E-state index in [4.69, 9.17) is 12.2 Å². The van der Waals surface area contributed by atoms with Gasteiger partial charge in [0.1, 0.15) is 6.04 Å². The zero-order valence-corrected chi connectivity index (χ0v) is 20.2. The molecular weight excluding hydrogens is 458 g/mol. The van der Waals surface area contributed by atoms with Crippen molar-refractivity contribution in [3.63, 3.8) is 0 Å². The highest BCUT2D eigenvalue weighted by molar-refractivity contribution is 7.80. The van der Waals surface area contributed by atoms with E-state index in [2.05, 4.69) is 53.3 Å². The fourth-order valence-electron chi connectivity index (χ4n) is 4.58. The summed E-state index contributed by atoms with van der Waals surface area (Å²) in [6.07, 6.45) is 3.70. The lowest BCUT2D eigenvalue weighted by molar-refractivity contribution is -0.384. The van der Waals surface area contributed by atoms with Crippen molar-refractivity contribution in [2.75, 3.05) is 4.90 Å². The van der Waals surface area contributed by atoms with Crippen molar-refractivity contribution in [3.8, 4) is 5.69 Å². The first-order valence-corrected chi connectivity index (χ1v) is 11.9. The summed E-state index contributed by atoms with van der Waals surface area (Å²) >= 11 is 5.84. The molecule has 3 heterocycles. The number of non-ortho nitro benzene ring substituents is 1. The van der Waals surface area contributed by atoms with Crippen LogP contribution in [0.3, 0.4) is 0 Å². The molecule has 7 nitrogen and oxygen atoms in total. The number of pyridine rings is 1. The molecule has 1 aliphatic rings. The number of hydrogen-bond donors (Lipinski definition) is 1. The Morgan fingerprint density at radius 2 is 1.80 bits per heavy atom. The SMILES string of the molecule is CC(C)c1ccc(N2C(=S)N[C@H](c3ccccn3)[C@@H]2c2cccn2-c2cccc([N+](=O)[O-])c2)cc1. The summed E-state index contributed by atoms with van der Waals surface area (Å²) in [4.78, 5) is 17.8. The van der Waals surface area contributed by atoms with Crippen LogP contribution in [0.5, 0.6) is 0 Å². The summed E-state index contributed by atoms with van der Waals surface area (Å²) in [6.45, 7) is 4.34. The second kappa shape index (κ2) is 9.31.